The number of piperazine rings is 1. The van der Waals surface area contributed by atoms with Crippen molar-refractivity contribution in [2.75, 3.05) is 38.2 Å². The van der Waals surface area contributed by atoms with E-state index in [2.05, 4.69) is 37.9 Å². The number of halogens is 1. The van der Waals surface area contributed by atoms with Crippen molar-refractivity contribution >= 4 is 21.6 Å². The maximum absolute atomic E-state index is 5.48. The third-order valence-electron chi connectivity index (χ3n) is 3.86. The summed E-state index contributed by atoms with van der Waals surface area (Å²) in [6.45, 7) is 4.58. The van der Waals surface area contributed by atoms with Crippen LogP contribution in [0.3, 0.4) is 0 Å². The van der Waals surface area contributed by atoms with E-state index in [1.54, 1.807) is 7.11 Å². The summed E-state index contributed by atoms with van der Waals surface area (Å²) in [6.07, 6.45) is 2.81. The number of nitrogens with zero attached hydrogens (tertiary/aromatic N) is 2. The van der Waals surface area contributed by atoms with E-state index in [0.29, 0.717) is 0 Å². The Bertz CT molecular complexity index is 426. The van der Waals surface area contributed by atoms with Gasteiger partial charge >= 0.3 is 0 Å². The van der Waals surface area contributed by atoms with Crippen molar-refractivity contribution in [3.63, 3.8) is 0 Å². The first kappa shape index (κ1) is 12.3. The molecule has 0 unspecified atom stereocenters. The van der Waals surface area contributed by atoms with Gasteiger partial charge in [-0.25, -0.2) is 0 Å². The lowest BCUT2D eigenvalue weighted by molar-refractivity contribution is 0.247. The number of methoxy groups -OCH3 is 1. The van der Waals surface area contributed by atoms with Gasteiger partial charge in [0, 0.05) is 36.7 Å². The second-order valence-electron chi connectivity index (χ2n) is 5.07. The molecule has 0 N–H and O–H groups in total. The van der Waals surface area contributed by atoms with E-state index in [1.165, 1.54) is 31.6 Å². The van der Waals surface area contributed by atoms with Crippen molar-refractivity contribution in [2.24, 2.45) is 0 Å². The molecule has 1 aromatic rings. The molecule has 1 heterocycles. The first-order valence-electron chi connectivity index (χ1n) is 6.60. The molecule has 0 bridgehead atoms. The van der Waals surface area contributed by atoms with E-state index in [1.807, 2.05) is 6.07 Å². The van der Waals surface area contributed by atoms with Crippen LogP contribution in [0.25, 0.3) is 0 Å². The Morgan fingerprint density at radius 2 is 1.89 bits per heavy atom. The number of anilines is 1. The molecule has 0 atom stereocenters. The van der Waals surface area contributed by atoms with E-state index in [9.17, 15) is 0 Å². The Labute approximate surface area is 117 Å². The van der Waals surface area contributed by atoms with Gasteiger partial charge in [0.2, 0.25) is 0 Å². The second kappa shape index (κ2) is 5.10. The molecule has 0 amide bonds. The molecule has 98 valence electrons. The Hall–Kier alpha value is -0.740. The number of rotatable bonds is 3. The predicted octanol–water partition coefficient (Wildman–Crippen LogP) is 2.74. The Morgan fingerprint density at radius 1 is 1.17 bits per heavy atom. The van der Waals surface area contributed by atoms with E-state index in [-0.39, 0.29) is 0 Å². The summed E-state index contributed by atoms with van der Waals surface area (Å²) < 4.78 is 6.55. The van der Waals surface area contributed by atoms with E-state index in [4.69, 9.17) is 4.74 Å². The van der Waals surface area contributed by atoms with E-state index < -0.39 is 0 Å². The van der Waals surface area contributed by atoms with Crippen LogP contribution in [0.1, 0.15) is 12.8 Å². The summed E-state index contributed by atoms with van der Waals surface area (Å²) in [6, 6.07) is 7.17. The topological polar surface area (TPSA) is 15.7 Å². The fourth-order valence-electron chi connectivity index (χ4n) is 2.68. The average Bonchev–Trinajstić information content (AvgIpc) is 3.23. The number of hydrogen-bond acceptors (Lipinski definition) is 3. The summed E-state index contributed by atoms with van der Waals surface area (Å²) in [5.74, 6) is 0.962. The molecule has 0 radical (unpaired) electrons. The SMILES string of the molecule is COc1cc(Br)ccc1N1CCN(C2CC2)CC1. The van der Waals surface area contributed by atoms with Crippen molar-refractivity contribution in [2.45, 2.75) is 18.9 Å². The van der Waals surface area contributed by atoms with Gasteiger partial charge in [-0.15, -0.1) is 0 Å². The van der Waals surface area contributed by atoms with Crippen LogP contribution >= 0.6 is 15.9 Å². The summed E-state index contributed by atoms with van der Waals surface area (Å²) in [7, 11) is 1.74. The molecule has 18 heavy (non-hydrogen) atoms. The lowest BCUT2D eigenvalue weighted by Gasteiger charge is -2.36. The maximum atomic E-state index is 5.48. The zero-order valence-electron chi connectivity index (χ0n) is 10.7. The first-order chi connectivity index (χ1) is 8.78. The normalized spacial score (nSPS) is 21.1. The molecule has 0 aromatic heterocycles. The molecule has 2 fully saturated rings. The van der Waals surface area contributed by atoms with Crippen molar-refractivity contribution in [1.82, 2.24) is 4.90 Å². The van der Waals surface area contributed by atoms with Gasteiger partial charge in [-0.2, -0.15) is 0 Å². The van der Waals surface area contributed by atoms with Gasteiger partial charge in [0.1, 0.15) is 5.75 Å². The minimum atomic E-state index is 0.888. The van der Waals surface area contributed by atoms with Crippen LogP contribution in [-0.2, 0) is 0 Å². The molecule has 0 spiro atoms. The van der Waals surface area contributed by atoms with Crippen LogP contribution in [0, 0.1) is 0 Å². The highest BCUT2D eigenvalue weighted by molar-refractivity contribution is 9.10. The van der Waals surface area contributed by atoms with Crippen LogP contribution in [0.4, 0.5) is 5.69 Å². The highest BCUT2D eigenvalue weighted by atomic mass is 79.9. The van der Waals surface area contributed by atoms with Crippen LogP contribution in [-0.4, -0.2) is 44.2 Å². The minimum absolute atomic E-state index is 0.888. The molecule has 3 rings (SSSR count). The molecule has 1 aliphatic heterocycles. The molecule has 2 aliphatic rings. The summed E-state index contributed by atoms with van der Waals surface area (Å²) in [5.41, 5.74) is 1.22. The van der Waals surface area contributed by atoms with Gasteiger partial charge < -0.3 is 9.64 Å². The van der Waals surface area contributed by atoms with Crippen molar-refractivity contribution < 1.29 is 4.74 Å². The molecular formula is C14H19BrN2O. The third-order valence-corrected chi connectivity index (χ3v) is 4.35. The zero-order chi connectivity index (χ0) is 12.5. The van der Waals surface area contributed by atoms with Gasteiger partial charge in [0.15, 0.2) is 0 Å². The Balaban J connectivity index is 1.71. The average molecular weight is 311 g/mol. The van der Waals surface area contributed by atoms with Crippen molar-refractivity contribution in [3.05, 3.63) is 22.7 Å². The molecule has 1 aliphatic carbocycles. The van der Waals surface area contributed by atoms with Crippen molar-refractivity contribution in [3.8, 4) is 5.75 Å². The number of ether oxygens (including phenoxy) is 1. The number of benzene rings is 1. The van der Waals surface area contributed by atoms with Gasteiger partial charge in [0.25, 0.3) is 0 Å². The Kier molecular flexibility index (Phi) is 3.48. The largest absolute Gasteiger partial charge is 0.495 e. The second-order valence-corrected chi connectivity index (χ2v) is 5.99. The highest BCUT2D eigenvalue weighted by Crippen LogP contribution is 2.33. The van der Waals surface area contributed by atoms with E-state index >= 15 is 0 Å². The Morgan fingerprint density at radius 3 is 2.50 bits per heavy atom. The maximum Gasteiger partial charge on any atom is 0.143 e. The predicted molar refractivity (Wildman–Crippen MR) is 77.5 cm³/mol. The van der Waals surface area contributed by atoms with E-state index in [0.717, 1.165) is 29.4 Å². The van der Waals surface area contributed by atoms with Gasteiger partial charge in [-0.1, -0.05) is 15.9 Å². The lowest BCUT2D eigenvalue weighted by atomic mass is 10.2. The summed E-state index contributed by atoms with van der Waals surface area (Å²) >= 11 is 3.49. The van der Waals surface area contributed by atoms with Crippen molar-refractivity contribution in [1.29, 1.82) is 0 Å². The molecule has 1 aromatic carbocycles. The molecule has 3 nitrogen and oxygen atoms in total. The third kappa shape index (κ3) is 2.50. The van der Waals surface area contributed by atoms with Gasteiger partial charge in [-0.3, -0.25) is 4.90 Å². The lowest BCUT2D eigenvalue weighted by Crippen LogP contribution is -2.47. The van der Waals surface area contributed by atoms with Gasteiger partial charge in [-0.05, 0) is 31.0 Å². The van der Waals surface area contributed by atoms with Crippen LogP contribution in [0.5, 0.6) is 5.75 Å². The van der Waals surface area contributed by atoms with Gasteiger partial charge in [0.05, 0.1) is 12.8 Å². The smallest absolute Gasteiger partial charge is 0.143 e. The first-order valence-corrected chi connectivity index (χ1v) is 7.40. The van der Waals surface area contributed by atoms with Crippen LogP contribution < -0.4 is 9.64 Å². The zero-order valence-corrected chi connectivity index (χ0v) is 12.3. The standard InChI is InChI=1S/C14H19BrN2O/c1-18-14-10-11(15)2-5-13(14)17-8-6-16(7-9-17)12-3-4-12/h2,5,10,12H,3-4,6-9H2,1H3. The quantitative estimate of drug-likeness (QED) is 0.854. The van der Waals surface area contributed by atoms with Crippen LogP contribution in [0.15, 0.2) is 22.7 Å². The molecule has 4 heteroatoms. The minimum Gasteiger partial charge on any atom is -0.495 e. The fraction of sp³-hybridized carbons (Fsp3) is 0.571. The molecular weight excluding hydrogens is 292 g/mol. The summed E-state index contributed by atoms with van der Waals surface area (Å²) in [5, 5.41) is 0. The van der Waals surface area contributed by atoms with Crippen LogP contribution in [0.2, 0.25) is 0 Å². The molecule has 1 saturated heterocycles. The number of hydrogen-bond donors (Lipinski definition) is 0. The monoisotopic (exact) mass is 310 g/mol. The molecule has 1 saturated carbocycles. The highest BCUT2D eigenvalue weighted by Gasteiger charge is 2.31. The fourth-order valence-corrected chi connectivity index (χ4v) is 3.02. The summed E-state index contributed by atoms with van der Waals surface area (Å²) in [4.78, 5) is 5.06.